The number of hydrogen-bond donors (Lipinski definition) is 1. The third-order valence-corrected chi connectivity index (χ3v) is 4.93. The first-order valence-electron chi connectivity index (χ1n) is 7.96. The Morgan fingerprint density at radius 2 is 2.10 bits per heavy atom. The third-order valence-electron chi connectivity index (χ3n) is 4.93. The Kier molecular flexibility index (Phi) is 4.86. The molecule has 0 saturated carbocycles. The molecule has 0 aliphatic carbocycles. The molecule has 1 aliphatic rings. The van der Waals surface area contributed by atoms with Crippen LogP contribution in [0.4, 0.5) is 0 Å². The molecule has 2 rings (SSSR count). The highest BCUT2D eigenvalue weighted by Crippen LogP contribution is 2.26. The molecule has 1 atom stereocenters. The molecule has 0 bridgehead atoms. The summed E-state index contributed by atoms with van der Waals surface area (Å²) in [5.74, 6) is 0.672. The molecule has 1 aliphatic heterocycles. The number of nitrogens with zero attached hydrogens (tertiary/aromatic N) is 3. The van der Waals surface area contributed by atoms with E-state index in [1.54, 1.807) is 0 Å². The SMILES string of the molecule is CCC1(CC)CN(Cc2cnn(C)c2)C(C(C)C)CN1. The van der Waals surface area contributed by atoms with Crippen molar-refractivity contribution < 1.29 is 0 Å². The van der Waals surface area contributed by atoms with Crippen molar-refractivity contribution in [2.24, 2.45) is 13.0 Å². The highest BCUT2D eigenvalue weighted by molar-refractivity contribution is 5.06. The Morgan fingerprint density at radius 3 is 2.60 bits per heavy atom. The van der Waals surface area contributed by atoms with Crippen molar-refractivity contribution in [1.82, 2.24) is 20.0 Å². The van der Waals surface area contributed by atoms with Crippen LogP contribution in [0, 0.1) is 5.92 Å². The molecule has 0 aromatic carbocycles. The fraction of sp³-hybridized carbons (Fsp3) is 0.812. The lowest BCUT2D eigenvalue weighted by Gasteiger charge is -2.49. The zero-order chi connectivity index (χ0) is 14.8. The quantitative estimate of drug-likeness (QED) is 0.898. The number of rotatable bonds is 5. The van der Waals surface area contributed by atoms with E-state index in [2.05, 4.69) is 49.2 Å². The van der Waals surface area contributed by atoms with Gasteiger partial charge in [-0.2, -0.15) is 5.10 Å². The second-order valence-electron chi connectivity index (χ2n) is 6.61. The second kappa shape index (κ2) is 6.27. The first-order valence-corrected chi connectivity index (χ1v) is 7.96. The smallest absolute Gasteiger partial charge is 0.0534 e. The number of piperazine rings is 1. The summed E-state index contributed by atoms with van der Waals surface area (Å²) in [6.45, 7) is 12.5. The van der Waals surface area contributed by atoms with Crippen LogP contribution in [0.25, 0.3) is 0 Å². The zero-order valence-electron chi connectivity index (χ0n) is 13.7. The van der Waals surface area contributed by atoms with Crippen LogP contribution in [0.5, 0.6) is 0 Å². The number of aryl methyl sites for hydroxylation is 1. The predicted octanol–water partition coefficient (Wildman–Crippen LogP) is 2.41. The summed E-state index contributed by atoms with van der Waals surface area (Å²) >= 11 is 0. The van der Waals surface area contributed by atoms with E-state index in [1.165, 1.54) is 18.4 Å². The largest absolute Gasteiger partial charge is 0.308 e. The zero-order valence-corrected chi connectivity index (χ0v) is 13.7. The molecule has 4 nitrogen and oxygen atoms in total. The topological polar surface area (TPSA) is 33.1 Å². The summed E-state index contributed by atoms with van der Waals surface area (Å²) in [6, 6.07) is 0.612. The first-order chi connectivity index (χ1) is 9.49. The Labute approximate surface area is 123 Å². The summed E-state index contributed by atoms with van der Waals surface area (Å²) in [5, 5.41) is 8.12. The Hall–Kier alpha value is -0.870. The highest BCUT2D eigenvalue weighted by atomic mass is 15.3. The highest BCUT2D eigenvalue weighted by Gasteiger charge is 2.37. The summed E-state index contributed by atoms with van der Waals surface area (Å²) in [7, 11) is 1.99. The average Bonchev–Trinajstić information content (AvgIpc) is 2.83. The number of aromatic nitrogens is 2. The summed E-state index contributed by atoms with van der Waals surface area (Å²) in [4.78, 5) is 2.66. The molecule has 1 saturated heterocycles. The van der Waals surface area contributed by atoms with Crippen LogP contribution in [-0.4, -0.2) is 39.4 Å². The lowest BCUT2D eigenvalue weighted by molar-refractivity contribution is 0.0443. The number of nitrogens with one attached hydrogen (secondary N) is 1. The fourth-order valence-electron chi connectivity index (χ4n) is 3.35. The van der Waals surface area contributed by atoms with Gasteiger partial charge in [-0.25, -0.2) is 0 Å². The molecular formula is C16H30N4. The van der Waals surface area contributed by atoms with Gasteiger partial charge < -0.3 is 5.32 Å². The van der Waals surface area contributed by atoms with E-state index in [0.29, 0.717) is 12.0 Å². The maximum absolute atomic E-state index is 4.30. The minimum absolute atomic E-state index is 0.285. The Morgan fingerprint density at radius 1 is 1.40 bits per heavy atom. The van der Waals surface area contributed by atoms with Gasteiger partial charge in [-0.15, -0.1) is 0 Å². The number of hydrogen-bond acceptors (Lipinski definition) is 3. The van der Waals surface area contributed by atoms with Crippen LogP contribution < -0.4 is 5.32 Å². The standard InChI is InChI=1S/C16H30N4/c1-6-16(7-2)12-20(15(9-17-16)13(3)4)11-14-8-18-19(5)10-14/h8,10,13,15,17H,6-7,9,11-12H2,1-5H3. The molecule has 1 aromatic heterocycles. The van der Waals surface area contributed by atoms with Crippen molar-refractivity contribution in [2.75, 3.05) is 13.1 Å². The minimum atomic E-state index is 0.285. The molecule has 0 spiro atoms. The fourth-order valence-corrected chi connectivity index (χ4v) is 3.35. The van der Waals surface area contributed by atoms with Gasteiger partial charge in [0.1, 0.15) is 0 Å². The molecule has 4 heteroatoms. The van der Waals surface area contributed by atoms with Crippen molar-refractivity contribution in [3.63, 3.8) is 0 Å². The third kappa shape index (κ3) is 3.23. The minimum Gasteiger partial charge on any atom is -0.308 e. The van der Waals surface area contributed by atoms with Crippen molar-refractivity contribution in [3.8, 4) is 0 Å². The summed E-state index contributed by atoms with van der Waals surface area (Å²) in [6.07, 6.45) is 6.52. The Bertz CT molecular complexity index is 420. The molecule has 20 heavy (non-hydrogen) atoms. The molecule has 114 valence electrons. The van der Waals surface area contributed by atoms with Gasteiger partial charge in [-0.1, -0.05) is 27.7 Å². The van der Waals surface area contributed by atoms with Gasteiger partial charge in [-0.05, 0) is 18.8 Å². The van der Waals surface area contributed by atoms with Crippen molar-refractivity contribution in [2.45, 2.75) is 58.7 Å². The van der Waals surface area contributed by atoms with E-state index in [4.69, 9.17) is 0 Å². The van der Waals surface area contributed by atoms with Crippen LogP contribution in [0.15, 0.2) is 12.4 Å². The molecule has 0 radical (unpaired) electrons. The van der Waals surface area contributed by atoms with Gasteiger partial charge in [0.05, 0.1) is 6.20 Å². The van der Waals surface area contributed by atoms with E-state index < -0.39 is 0 Å². The predicted molar refractivity (Wildman–Crippen MR) is 83.6 cm³/mol. The van der Waals surface area contributed by atoms with Gasteiger partial charge >= 0.3 is 0 Å². The first kappa shape index (κ1) is 15.5. The van der Waals surface area contributed by atoms with Crippen LogP contribution >= 0.6 is 0 Å². The van der Waals surface area contributed by atoms with E-state index >= 15 is 0 Å². The molecule has 1 N–H and O–H groups in total. The normalized spacial score (nSPS) is 23.4. The maximum Gasteiger partial charge on any atom is 0.0534 e. The van der Waals surface area contributed by atoms with E-state index in [0.717, 1.165) is 19.6 Å². The molecule has 1 fully saturated rings. The van der Waals surface area contributed by atoms with Gasteiger partial charge in [0.15, 0.2) is 0 Å². The monoisotopic (exact) mass is 278 g/mol. The van der Waals surface area contributed by atoms with Crippen molar-refractivity contribution >= 4 is 0 Å². The van der Waals surface area contributed by atoms with Gasteiger partial charge in [0, 0.05) is 50.0 Å². The van der Waals surface area contributed by atoms with E-state index in [1.807, 2.05) is 17.9 Å². The summed E-state index contributed by atoms with van der Waals surface area (Å²) < 4.78 is 1.90. The maximum atomic E-state index is 4.30. The molecule has 2 heterocycles. The van der Waals surface area contributed by atoms with Crippen molar-refractivity contribution in [1.29, 1.82) is 0 Å². The van der Waals surface area contributed by atoms with Crippen molar-refractivity contribution in [3.05, 3.63) is 18.0 Å². The molecule has 1 aromatic rings. The average molecular weight is 278 g/mol. The van der Waals surface area contributed by atoms with Crippen LogP contribution in [0.2, 0.25) is 0 Å². The van der Waals surface area contributed by atoms with Crippen LogP contribution in [-0.2, 0) is 13.6 Å². The van der Waals surface area contributed by atoms with Crippen LogP contribution in [0.3, 0.4) is 0 Å². The van der Waals surface area contributed by atoms with Gasteiger partial charge in [-0.3, -0.25) is 9.58 Å². The lowest BCUT2D eigenvalue weighted by Crippen LogP contribution is -2.64. The molecule has 0 amide bonds. The van der Waals surface area contributed by atoms with Gasteiger partial charge in [0.2, 0.25) is 0 Å². The van der Waals surface area contributed by atoms with Gasteiger partial charge in [0.25, 0.3) is 0 Å². The molecule has 1 unspecified atom stereocenters. The lowest BCUT2D eigenvalue weighted by atomic mass is 9.86. The summed E-state index contributed by atoms with van der Waals surface area (Å²) in [5.41, 5.74) is 1.61. The van der Waals surface area contributed by atoms with E-state index in [-0.39, 0.29) is 5.54 Å². The second-order valence-corrected chi connectivity index (χ2v) is 6.61. The molecular weight excluding hydrogens is 248 g/mol. The van der Waals surface area contributed by atoms with E-state index in [9.17, 15) is 0 Å². The van der Waals surface area contributed by atoms with Crippen LogP contribution in [0.1, 0.15) is 46.1 Å². The Balaban J connectivity index is 2.14.